The lowest BCUT2D eigenvalue weighted by molar-refractivity contribution is 0.275. The van der Waals surface area contributed by atoms with Crippen LogP contribution in [0.15, 0.2) is 64.9 Å². The number of halogens is 1. The Morgan fingerprint density at radius 2 is 1.44 bits per heavy atom. The van der Waals surface area contributed by atoms with Gasteiger partial charge in [0.1, 0.15) is 0 Å². The summed E-state index contributed by atoms with van der Waals surface area (Å²) in [5.74, 6) is 0. The van der Waals surface area contributed by atoms with Crippen LogP contribution in [0.1, 0.15) is 5.56 Å². The molecule has 0 unspecified atom stereocenters. The van der Waals surface area contributed by atoms with Gasteiger partial charge >= 0.3 is 0 Å². The maximum absolute atomic E-state index is 12.7. The van der Waals surface area contributed by atoms with E-state index in [1.54, 1.807) is 12.1 Å². The fraction of sp³-hybridized carbons (Fsp3) is 0.222. The Labute approximate surface area is 164 Å². The van der Waals surface area contributed by atoms with E-state index in [4.69, 9.17) is 11.6 Å². The SMILES string of the molecule is O=S(=O)(C=Cc1ccccc1)N1CCN(S(=O)(=O)c2cccc(Cl)c2)CC1. The molecule has 0 spiro atoms. The van der Waals surface area contributed by atoms with Crippen LogP contribution in [0.25, 0.3) is 6.08 Å². The first kappa shape index (κ1) is 20.0. The summed E-state index contributed by atoms with van der Waals surface area (Å²) in [6, 6.07) is 15.2. The highest BCUT2D eigenvalue weighted by atomic mass is 35.5. The minimum absolute atomic E-state index is 0.0905. The fourth-order valence-electron chi connectivity index (χ4n) is 2.76. The van der Waals surface area contributed by atoms with E-state index in [1.807, 2.05) is 30.3 Å². The van der Waals surface area contributed by atoms with Crippen molar-refractivity contribution in [2.45, 2.75) is 4.90 Å². The van der Waals surface area contributed by atoms with Crippen molar-refractivity contribution in [2.24, 2.45) is 0 Å². The first-order chi connectivity index (χ1) is 12.8. The molecule has 27 heavy (non-hydrogen) atoms. The maximum Gasteiger partial charge on any atom is 0.243 e. The summed E-state index contributed by atoms with van der Waals surface area (Å²) < 4.78 is 52.9. The first-order valence-electron chi connectivity index (χ1n) is 8.28. The number of piperazine rings is 1. The number of sulfonamides is 2. The lowest BCUT2D eigenvalue weighted by Crippen LogP contribution is -2.49. The monoisotopic (exact) mass is 426 g/mol. The second-order valence-corrected chi connectivity index (χ2v) is 10.2. The van der Waals surface area contributed by atoms with E-state index in [1.165, 1.54) is 26.8 Å². The molecule has 1 aliphatic rings. The smallest absolute Gasteiger partial charge is 0.208 e. The first-order valence-corrected chi connectivity index (χ1v) is 11.6. The van der Waals surface area contributed by atoms with Crippen LogP contribution in [0, 0.1) is 0 Å². The summed E-state index contributed by atoms with van der Waals surface area (Å²) in [5.41, 5.74) is 0.781. The maximum atomic E-state index is 12.7. The molecule has 0 bridgehead atoms. The standard InChI is InChI=1S/C18H19ClN2O4S2/c19-17-7-4-8-18(15-17)27(24,25)21-12-10-20(11-13-21)26(22,23)14-9-16-5-2-1-3-6-16/h1-9,14-15H,10-13H2. The molecule has 1 aliphatic heterocycles. The van der Waals surface area contributed by atoms with E-state index < -0.39 is 20.0 Å². The molecule has 0 N–H and O–H groups in total. The van der Waals surface area contributed by atoms with Crippen LogP contribution in [-0.4, -0.2) is 51.6 Å². The molecule has 2 aromatic carbocycles. The molecule has 9 heteroatoms. The number of hydrogen-bond acceptors (Lipinski definition) is 4. The van der Waals surface area contributed by atoms with Gasteiger partial charge in [0, 0.05) is 36.6 Å². The van der Waals surface area contributed by atoms with Crippen molar-refractivity contribution < 1.29 is 16.8 Å². The Kier molecular flexibility index (Phi) is 6.02. The van der Waals surface area contributed by atoms with Crippen molar-refractivity contribution in [3.05, 3.63) is 70.6 Å². The largest absolute Gasteiger partial charge is 0.243 e. The van der Waals surface area contributed by atoms with Gasteiger partial charge in [-0.25, -0.2) is 16.8 Å². The minimum Gasteiger partial charge on any atom is -0.208 e. The molecule has 2 aromatic rings. The summed E-state index contributed by atoms with van der Waals surface area (Å²) >= 11 is 5.88. The van der Waals surface area contributed by atoms with Crippen LogP contribution >= 0.6 is 11.6 Å². The number of hydrogen-bond donors (Lipinski definition) is 0. The third-order valence-electron chi connectivity index (χ3n) is 4.22. The normalized spacial score (nSPS) is 17.4. The highest BCUT2D eigenvalue weighted by Gasteiger charge is 2.32. The number of rotatable bonds is 5. The molecule has 0 saturated carbocycles. The molecule has 144 valence electrons. The molecule has 0 aliphatic carbocycles. The Bertz CT molecular complexity index is 1030. The fourth-order valence-corrected chi connectivity index (χ4v) is 5.65. The third kappa shape index (κ3) is 4.77. The van der Waals surface area contributed by atoms with Crippen molar-refractivity contribution in [3.63, 3.8) is 0 Å². The summed E-state index contributed by atoms with van der Waals surface area (Å²) in [5, 5.41) is 1.49. The van der Waals surface area contributed by atoms with Crippen LogP contribution < -0.4 is 0 Å². The molecule has 3 rings (SSSR count). The lowest BCUT2D eigenvalue weighted by Gasteiger charge is -2.32. The second kappa shape index (κ2) is 8.12. The molecular weight excluding hydrogens is 408 g/mol. The number of benzene rings is 2. The van der Waals surface area contributed by atoms with E-state index in [2.05, 4.69) is 0 Å². The van der Waals surface area contributed by atoms with E-state index in [0.29, 0.717) is 5.02 Å². The predicted octanol–water partition coefficient (Wildman–Crippen LogP) is 2.65. The van der Waals surface area contributed by atoms with Crippen molar-refractivity contribution in [1.82, 2.24) is 8.61 Å². The van der Waals surface area contributed by atoms with Gasteiger partial charge in [-0.2, -0.15) is 8.61 Å². The van der Waals surface area contributed by atoms with Crippen LogP contribution in [-0.2, 0) is 20.0 Å². The van der Waals surface area contributed by atoms with Gasteiger partial charge in [-0.05, 0) is 29.8 Å². The van der Waals surface area contributed by atoms with E-state index >= 15 is 0 Å². The van der Waals surface area contributed by atoms with Gasteiger partial charge in [0.15, 0.2) is 0 Å². The van der Waals surface area contributed by atoms with Crippen LogP contribution in [0.5, 0.6) is 0 Å². The summed E-state index contributed by atoms with van der Waals surface area (Å²) in [7, 11) is -7.31. The Morgan fingerprint density at radius 3 is 2.07 bits per heavy atom. The van der Waals surface area contributed by atoms with Crippen LogP contribution in [0.3, 0.4) is 0 Å². The van der Waals surface area contributed by atoms with E-state index in [-0.39, 0.29) is 31.1 Å². The van der Waals surface area contributed by atoms with Crippen molar-refractivity contribution in [1.29, 1.82) is 0 Å². The molecular formula is C18H19ClN2O4S2. The Morgan fingerprint density at radius 1 is 0.815 bits per heavy atom. The molecule has 6 nitrogen and oxygen atoms in total. The Balaban J connectivity index is 1.68. The molecule has 1 heterocycles. The van der Waals surface area contributed by atoms with Crippen LogP contribution in [0.4, 0.5) is 0 Å². The zero-order valence-electron chi connectivity index (χ0n) is 14.4. The molecule has 0 aromatic heterocycles. The highest BCUT2D eigenvalue weighted by molar-refractivity contribution is 7.92. The van der Waals surface area contributed by atoms with Gasteiger partial charge in [0.2, 0.25) is 20.0 Å². The van der Waals surface area contributed by atoms with Gasteiger partial charge in [-0.15, -0.1) is 0 Å². The van der Waals surface area contributed by atoms with Crippen molar-refractivity contribution >= 4 is 37.7 Å². The van der Waals surface area contributed by atoms with Crippen LogP contribution in [0.2, 0.25) is 5.02 Å². The predicted molar refractivity (Wildman–Crippen MR) is 106 cm³/mol. The van der Waals surface area contributed by atoms with Gasteiger partial charge in [-0.1, -0.05) is 48.0 Å². The topological polar surface area (TPSA) is 74.8 Å². The molecule has 1 saturated heterocycles. The second-order valence-electron chi connectivity index (χ2n) is 6.02. The summed E-state index contributed by atoms with van der Waals surface area (Å²) in [6.07, 6.45) is 1.53. The van der Waals surface area contributed by atoms with Crippen molar-refractivity contribution in [3.8, 4) is 0 Å². The average Bonchev–Trinajstić information content (AvgIpc) is 2.67. The van der Waals surface area contributed by atoms with E-state index in [0.717, 1.165) is 11.0 Å². The zero-order chi connectivity index (χ0) is 19.5. The summed E-state index contributed by atoms with van der Waals surface area (Å²) in [6.45, 7) is 0.378. The zero-order valence-corrected chi connectivity index (χ0v) is 16.8. The number of nitrogens with zero attached hydrogens (tertiary/aromatic N) is 2. The van der Waals surface area contributed by atoms with Crippen molar-refractivity contribution in [2.75, 3.05) is 26.2 Å². The van der Waals surface area contributed by atoms with Gasteiger partial charge < -0.3 is 0 Å². The van der Waals surface area contributed by atoms with Gasteiger partial charge in [0.05, 0.1) is 4.90 Å². The highest BCUT2D eigenvalue weighted by Crippen LogP contribution is 2.22. The quantitative estimate of drug-likeness (QED) is 0.736. The molecule has 0 atom stereocenters. The Hall–Kier alpha value is -1.71. The molecule has 0 radical (unpaired) electrons. The average molecular weight is 427 g/mol. The third-order valence-corrected chi connectivity index (χ3v) is 7.92. The lowest BCUT2D eigenvalue weighted by atomic mass is 10.2. The molecule has 0 amide bonds. The van der Waals surface area contributed by atoms with Gasteiger partial charge in [0.25, 0.3) is 0 Å². The van der Waals surface area contributed by atoms with E-state index in [9.17, 15) is 16.8 Å². The van der Waals surface area contributed by atoms with Gasteiger partial charge in [-0.3, -0.25) is 0 Å². The summed E-state index contributed by atoms with van der Waals surface area (Å²) in [4.78, 5) is 0.107. The molecule has 1 fully saturated rings. The minimum atomic E-state index is -3.70.